The van der Waals surface area contributed by atoms with Crippen molar-refractivity contribution in [2.45, 2.75) is 25.7 Å². The lowest BCUT2D eigenvalue weighted by molar-refractivity contribution is -0.142. The molecule has 1 aromatic carbocycles. The Labute approximate surface area is 115 Å². The molecule has 19 heavy (non-hydrogen) atoms. The predicted molar refractivity (Wildman–Crippen MR) is 71.3 cm³/mol. The molecule has 1 aromatic heterocycles. The van der Waals surface area contributed by atoms with Crippen molar-refractivity contribution in [1.29, 1.82) is 0 Å². The van der Waals surface area contributed by atoms with Gasteiger partial charge in [-0.3, -0.25) is 4.79 Å². The molecule has 0 saturated heterocycles. The van der Waals surface area contributed by atoms with Crippen LogP contribution in [0.3, 0.4) is 0 Å². The summed E-state index contributed by atoms with van der Waals surface area (Å²) < 4.78 is 5.70. The number of oxazole rings is 1. The van der Waals surface area contributed by atoms with E-state index in [-0.39, 0.29) is 5.92 Å². The van der Waals surface area contributed by atoms with Crippen LogP contribution in [0.1, 0.15) is 31.6 Å². The van der Waals surface area contributed by atoms with Crippen molar-refractivity contribution in [2.24, 2.45) is 11.8 Å². The zero-order valence-corrected chi connectivity index (χ0v) is 11.2. The second-order valence-corrected chi connectivity index (χ2v) is 5.73. The van der Waals surface area contributed by atoms with Gasteiger partial charge in [0.2, 0.25) is 0 Å². The molecular formula is C14H14ClNO3. The smallest absolute Gasteiger partial charge is 0.307 e. The highest BCUT2D eigenvalue weighted by atomic mass is 35.5. The highest BCUT2D eigenvalue weighted by molar-refractivity contribution is 6.31. The Hall–Kier alpha value is -1.55. The maximum absolute atomic E-state index is 11.3. The van der Waals surface area contributed by atoms with E-state index in [1.54, 1.807) is 18.2 Å². The van der Waals surface area contributed by atoms with Crippen molar-refractivity contribution in [3.8, 4) is 0 Å². The Morgan fingerprint density at radius 2 is 2.26 bits per heavy atom. The zero-order chi connectivity index (χ0) is 13.6. The first-order chi connectivity index (χ1) is 9.04. The van der Waals surface area contributed by atoms with Crippen molar-refractivity contribution in [2.75, 3.05) is 0 Å². The summed E-state index contributed by atoms with van der Waals surface area (Å²) in [6, 6.07) is 5.24. The number of nitrogens with zero attached hydrogens (tertiary/aromatic N) is 1. The van der Waals surface area contributed by atoms with Crippen molar-refractivity contribution in [3.63, 3.8) is 0 Å². The van der Waals surface area contributed by atoms with E-state index in [9.17, 15) is 9.90 Å². The molecule has 3 atom stereocenters. The number of benzene rings is 1. The SMILES string of the molecule is CC1CC(C(=O)O)C(c2nc3cc(Cl)ccc3o2)C1. The zero-order valence-electron chi connectivity index (χ0n) is 10.5. The molecule has 0 aliphatic heterocycles. The summed E-state index contributed by atoms with van der Waals surface area (Å²) in [6.45, 7) is 2.06. The van der Waals surface area contributed by atoms with E-state index in [0.717, 1.165) is 6.42 Å². The van der Waals surface area contributed by atoms with Gasteiger partial charge in [-0.15, -0.1) is 0 Å². The molecule has 1 saturated carbocycles. The van der Waals surface area contributed by atoms with Gasteiger partial charge in [-0.25, -0.2) is 4.98 Å². The summed E-state index contributed by atoms with van der Waals surface area (Å²) in [5.74, 6) is -0.412. The predicted octanol–water partition coefficient (Wildman–Crippen LogP) is 3.70. The van der Waals surface area contributed by atoms with Crippen LogP contribution in [0.15, 0.2) is 22.6 Å². The van der Waals surface area contributed by atoms with Gasteiger partial charge in [0.25, 0.3) is 0 Å². The van der Waals surface area contributed by atoms with Gasteiger partial charge in [0.05, 0.1) is 5.92 Å². The Balaban J connectivity index is 2.01. The molecule has 1 N–H and O–H groups in total. The standard InChI is InChI=1S/C14H14ClNO3/c1-7-4-9(10(5-7)14(17)18)13-16-11-6-8(15)2-3-12(11)19-13/h2-3,6-7,9-10H,4-5H2,1H3,(H,17,18). The first kappa shape index (κ1) is 12.5. The van der Waals surface area contributed by atoms with Crippen molar-refractivity contribution in [1.82, 2.24) is 4.98 Å². The average molecular weight is 280 g/mol. The number of carboxylic acids is 1. The topological polar surface area (TPSA) is 63.3 Å². The molecule has 0 radical (unpaired) electrons. The molecule has 5 heteroatoms. The molecule has 0 bridgehead atoms. The van der Waals surface area contributed by atoms with Crippen LogP contribution >= 0.6 is 11.6 Å². The number of hydrogen-bond donors (Lipinski definition) is 1. The van der Waals surface area contributed by atoms with Gasteiger partial charge in [-0.2, -0.15) is 0 Å². The Morgan fingerprint density at radius 3 is 3.00 bits per heavy atom. The molecule has 1 heterocycles. The van der Waals surface area contributed by atoms with E-state index in [2.05, 4.69) is 11.9 Å². The molecule has 1 fully saturated rings. The lowest BCUT2D eigenvalue weighted by Crippen LogP contribution is -2.17. The first-order valence-electron chi connectivity index (χ1n) is 6.33. The number of fused-ring (bicyclic) bond motifs is 1. The van der Waals surface area contributed by atoms with Gasteiger partial charge >= 0.3 is 5.97 Å². The van der Waals surface area contributed by atoms with Crippen LogP contribution in [0.2, 0.25) is 5.02 Å². The quantitative estimate of drug-likeness (QED) is 0.910. The summed E-state index contributed by atoms with van der Waals surface area (Å²) in [7, 11) is 0. The van der Waals surface area contributed by atoms with Gasteiger partial charge in [0.1, 0.15) is 5.52 Å². The molecule has 3 unspecified atom stereocenters. The van der Waals surface area contributed by atoms with Crippen LogP contribution in [0, 0.1) is 11.8 Å². The Bertz CT molecular complexity index is 637. The lowest BCUT2D eigenvalue weighted by Gasteiger charge is -2.10. The Kier molecular flexibility index (Phi) is 2.97. The van der Waals surface area contributed by atoms with E-state index in [1.165, 1.54) is 0 Å². The van der Waals surface area contributed by atoms with Crippen LogP contribution in [0.5, 0.6) is 0 Å². The molecule has 1 aliphatic carbocycles. The van der Waals surface area contributed by atoms with Gasteiger partial charge in [-0.05, 0) is 37.0 Å². The van der Waals surface area contributed by atoms with Crippen LogP contribution < -0.4 is 0 Å². The fraction of sp³-hybridized carbons (Fsp3) is 0.429. The van der Waals surface area contributed by atoms with E-state index in [0.29, 0.717) is 34.4 Å². The third-order valence-electron chi connectivity index (χ3n) is 3.80. The minimum Gasteiger partial charge on any atom is -0.481 e. The van der Waals surface area contributed by atoms with Gasteiger partial charge in [0, 0.05) is 10.9 Å². The van der Waals surface area contributed by atoms with Crippen molar-refractivity contribution < 1.29 is 14.3 Å². The molecular weight excluding hydrogens is 266 g/mol. The normalized spacial score (nSPS) is 26.9. The number of rotatable bonds is 2. The molecule has 3 rings (SSSR count). The van der Waals surface area contributed by atoms with Crippen LogP contribution in [-0.4, -0.2) is 16.1 Å². The van der Waals surface area contributed by atoms with E-state index >= 15 is 0 Å². The second kappa shape index (κ2) is 4.53. The number of aliphatic carboxylic acids is 1. The van der Waals surface area contributed by atoms with Gasteiger partial charge < -0.3 is 9.52 Å². The van der Waals surface area contributed by atoms with Crippen LogP contribution in [-0.2, 0) is 4.79 Å². The number of halogens is 1. The Morgan fingerprint density at radius 1 is 1.47 bits per heavy atom. The fourth-order valence-corrected chi connectivity index (χ4v) is 3.08. The molecule has 4 nitrogen and oxygen atoms in total. The van der Waals surface area contributed by atoms with Crippen molar-refractivity contribution >= 4 is 28.7 Å². The number of aromatic nitrogens is 1. The number of hydrogen-bond acceptors (Lipinski definition) is 3. The molecule has 100 valence electrons. The summed E-state index contributed by atoms with van der Waals surface area (Å²) in [4.78, 5) is 15.7. The largest absolute Gasteiger partial charge is 0.481 e. The molecule has 1 aliphatic rings. The summed E-state index contributed by atoms with van der Waals surface area (Å²) in [6.07, 6.45) is 1.48. The second-order valence-electron chi connectivity index (χ2n) is 5.29. The van der Waals surface area contributed by atoms with Gasteiger partial charge in [0.15, 0.2) is 11.5 Å². The minimum absolute atomic E-state index is 0.140. The van der Waals surface area contributed by atoms with E-state index < -0.39 is 11.9 Å². The fourth-order valence-electron chi connectivity index (χ4n) is 2.91. The van der Waals surface area contributed by atoms with Crippen LogP contribution in [0.4, 0.5) is 0 Å². The first-order valence-corrected chi connectivity index (χ1v) is 6.71. The highest BCUT2D eigenvalue weighted by Gasteiger charge is 2.40. The average Bonchev–Trinajstić information content (AvgIpc) is 2.91. The third-order valence-corrected chi connectivity index (χ3v) is 4.03. The number of carbonyl (C=O) groups is 1. The summed E-state index contributed by atoms with van der Waals surface area (Å²) in [5, 5.41) is 9.89. The monoisotopic (exact) mass is 279 g/mol. The van der Waals surface area contributed by atoms with Crippen molar-refractivity contribution in [3.05, 3.63) is 29.1 Å². The maximum Gasteiger partial charge on any atom is 0.307 e. The summed E-state index contributed by atoms with van der Waals surface area (Å²) >= 11 is 5.91. The number of carboxylic acid groups (broad SMARTS) is 1. The van der Waals surface area contributed by atoms with Gasteiger partial charge in [-0.1, -0.05) is 18.5 Å². The highest BCUT2D eigenvalue weighted by Crippen LogP contribution is 2.43. The van der Waals surface area contributed by atoms with E-state index in [1.807, 2.05) is 0 Å². The minimum atomic E-state index is -0.769. The molecule has 0 amide bonds. The molecule has 2 aromatic rings. The molecule has 0 spiro atoms. The lowest BCUT2D eigenvalue weighted by atomic mass is 9.96. The third kappa shape index (κ3) is 2.21. The van der Waals surface area contributed by atoms with Crippen LogP contribution in [0.25, 0.3) is 11.1 Å². The maximum atomic E-state index is 11.3. The summed E-state index contributed by atoms with van der Waals surface area (Å²) in [5.41, 5.74) is 1.34. The van der Waals surface area contributed by atoms with E-state index in [4.69, 9.17) is 16.0 Å².